The molecule has 1 aliphatic rings. The quantitative estimate of drug-likeness (QED) is 0.924. The van der Waals surface area contributed by atoms with Crippen molar-refractivity contribution in [3.05, 3.63) is 65.0 Å². The lowest BCUT2D eigenvalue weighted by molar-refractivity contribution is 0.0954. The highest BCUT2D eigenvalue weighted by Gasteiger charge is 2.10. The number of nitrogens with one attached hydrogen (secondary N) is 1. The second-order valence-electron chi connectivity index (χ2n) is 5.20. The number of aromatic nitrogens is 1. The molecule has 2 aromatic rings. The molecule has 0 saturated heterocycles. The summed E-state index contributed by atoms with van der Waals surface area (Å²) in [5.74, 6) is -0.0337. The van der Waals surface area contributed by atoms with E-state index in [1.54, 1.807) is 24.5 Å². The van der Waals surface area contributed by atoms with Crippen molar-refractivity contribution < 1.29 is 4.79 Å². The first-order chi connectivity index (χ1) is 9.83. The fourth-order valence-corrected chi connectivity index (χ4v) is 2.71. The van der Waals surface area contributed by atoms with E-state index < -0.39 is 0 Å². The van der Waals surface area contributed by atoms with Gasteiger partial charge in [0.05, 0.1) is 0 Å². The largest absolute Gasteiger partial charge is 0.352 e. The SMILES string of the molecule is O=C(NCCc1ccc2c(c1)CCC2)c1ccncc1. The minimum Gasteiger partial charge on any atom is -0.352 e. The van der Waals surface area contributed by atoms with Gasteiger partial charge in [-0.1, -0.05) is 18.2 Å². The van der Waals surface area contributed by atoms with Crippen LogP contribution < -0.4 is 5.32 Å². The minimum atomic E-state index is -0.0337. The van der Waals surface area contributed by atoms with Gasteiger partial charge in [0.1, 0.15) is 0 Å². The van der Waals surface area contributed by atoms with E-state index in [4.69, 9.17) is 0 Å². The zero-order valence-corrected chi connectivity index (χ0v) is 11.4. The van der Waals surface area contributed by atoms with E-state index in [1.165, 1.54) is 36.0 Å². The molecular formula is C17H18N2O. The summed E-state index contributed by atoms with van der Waals surface area (Å²) in [6, 6.07) is 10.2. The molecule has 1 aromatic heterocycles. The van der Waals surface area contributed by atoms with E-state index in [0.717, 1.165) is 6.42 Å². The van der Waals surface area contributed by atoms with Gasteiger partial charge in [-0.2, -0.15) is 0 Å². The summed E-state index contributed by atoms with van der Waals surface area (Å²) in [6.07, 6.45) is 7.84. The van der Waals surface area contributed by atoms with Crippen LogP contribution in [0.5, 0.6) is 0 Å². The summed E-state index contributed by atoms with van der Waals surface area (Å²) >= 11 is 0. The second kappa shape index (κ2) is 5.87. The Labute approximate surface area is 119 Å². The Kier molecular flexibility index (Phi) is 3.77. The number of amides is 1. The lowest BCUT2D eigenvalue weighted by Crippen LogP contribution is -2.25. The predicted molar refractivity (Wildman–Crippen MR) is 78.7 cm³/mol. The highest BCUT2D eigenvalue weighted by molar-refractivity contribution is 5.93. The van der Waals surface area contributed by atoms with Crippen molar-refractivity contribution >= 4 is 5.91 Å². The molecule has 0 atom stereocenters. The Balaban J connectivity index is 1.54. The Morgan fingerprint density at radius 3 is 2.75 bits per heavy atom. The van der Waals surface area contributed by atoms with Crippen molar-refractivity contribution in [3.8, 4) is 0 Å². The van der Waals surface area contributed by atoms with Crippen molar-refractivity contribution in [2.45, 2.75) is 25.7 Å². The highest BCUT2D eigenvalue weighted by atomic mass is 16.1. The molecule has 1 N–H and O–H groups in total. The van der Waals surface area contributed by atoms with E-state index in [-0.39, 0.29) is 5.91 Å². The monoisotopic (exact) mass is 266 g/mol. The molecule has 0 aliphatic heterocycles. The van der Waals surface area contributed by atoms with E-state index in [9.17, 15) is 4.79 Å². The highest BCUT2D eigenvalue weighted by Crippen LogP contribution is 2.22. The molecule has 1 amide bonds. The van der Waals surface area contributed by atoms with E-state index in [1.807, 2.05) is 0 Å². The van der Waals surface area contributed by atoms with Crippen LogP contribution in [-0.4, -0.2) is 17.4 Å². The normalized spacial score (nSPS) is 13.0. The van der Waals surface area contributed by atoms with Crippen LogP contribution in [0, 0.1) is 0 Å². The van der Waals surface area contributed by atoms with E-state index >= 15 is 0 Å². The van der Waals surface area contributed by atoms with E-state index in [0.29, 0.717) is 12.1 Å². The molecule has 0 fully saturated rings. The van der Waals surface area contributed by atoms with Crippen LogP contribution in [0.1, 0.15) is 33.5 Å². The maximum Gasteiger partial charge on any atom is 0.251 e. The molecule has 20 heavy (non-hydrogen) atoms. The summed E-state index contributed by atoms with van der Waals surface area (Å²) in [7, 11) is 0. The third-order valence-corrected chi connectivity index (χ3v) is 3.80. The van der Waals surface area contributed by atoms with Gasteiger partial charge in [0.15, 0.2) is 0 Å². The van der Waals surface area contributed by atoms with Crippen molar-refractivity contribution in [1.82, 2.24) is 10.3 Å². The zero-order chi connectivity index (χ0) is 13.8. The predicted octanol–water partition coefficient (Wildman–Crippen LogP) is 2.54. The summed E-state index contributed by atoms with van der Waals surface area (Å²) in [5, 5.41) is 2.95. The van der Waals surface area contributed by atoms with Gasteiger partial charge in [-0.15, -0.1) is 0 Å². The van der Waals surface area contributed by atoms with Gasteiger partial charge in [0.25, 0.3) is 5.91 Å². The number of carbonyl (C=O) groups excluding carboxylic acids is 1. The molecule has 1 aliphatic carbocycles. The average Bonchev–Trinajstić information content (AvgIpc) is 2.95. The Morgan fingerprint density at radius 2 is 1.90 bits per heavy atom. The molecular weight excluding hydrogens is 248 g/mol. The first kappa shape index (κ1) is 12.9. The molecule has 3 nitrogen and oxygen atoms in total. The van der Waals surface area contributed by atoms with Gasteiger partial charge >= 0.3 is 0 Å². The number of hydrogen-bond acceptors (Lipinski definition) is 2. The van der Waals surface area contributed by atoms with E-state index in [2.05, 4.69) is 28.5 Å². The number of nitrogens with zero attached hydrogens (tertiary/aromatic N) is 1. The summed E-state index contributed by atoms with van der Waals surface area (Å²) in [6.45, 7) is 0.667. The van der Waals surface area contributed by atoms with Crippen LogP contribution >= 0.6 is 0 Å². The summed E-state index contributed by atoms with van der Waals surface area (Å²) in [5.41, 5.74) is 4.95. The van der Waals surface area contributed by atoms with Crippen LogP contribution in [0.15, 0.2) is 42.7 Å². The number of fused-ring (bicyclic) bond motifs is 1. The number of benzene rings is 1. The molecule has 0 unspecified atom stereocenters. The van der Waals surface area contributed by atoms with Gasteiger partial charge in [-0.3, -0.25) is 9.78 Å². The third kappa shape index (κ3) is 2.87. The maximum absolute atomic E-state index is 11.9. The first-order valence-corrected chi connectivity index (χ1v) is 7.12. The number of carbonyl (C=O) groups is 1. The van der Waals surface area contributed by atoms with Crippen LogP contribution in [-0.2, 0) is 19.3 Å². The summed E-state index contributed by atoms with van der Waals surface area (Å²) in [4.78, 5) is 15.8. The van der Waals surface area contributed by atoms with Gasteiger partial charge in [-0.25, -0.2) is 0 Å². The van der Waals surface area contributed by atoms with Crippen molar-refractivity contribution in [2.24, 2.45) is 0 Å². The fourth-order valence-electron chi connectivity index (χ4n) is 2.71. The molecule has 1 aromatic carbocycles. The lowest BCUT2D eigenvalue weighted by atomic mass is 10.0. The average molecular weight is 266 g/mol. The van der Waals surface area contributed by atoms with Crippen LogP contribution in [0.25, 0.3) is 0 Å². The van der Waals surface area contributed by atoms with Gasteiger partial charge in [0.2, 0.25) is 0 Å². The molecule has 1 heterocycles. The Bertz CT molecular complexity index is 608. The number of pyridine rings is 1. The minimum absolute atomic E-state index is 0.0337. The lowest BCUT2D eigenvalue weighted by Gasteiger charge is -2.07. The third-order valence-electron chi connectivity index (χ3n) is 3.80. The molecule has 102 valence electrons. The number of rotatable bonds is 4. The Hall–Kier alpha value is -2.16. The van der Waals surface area contributed by atoms with Crippen LogP contribution in [0.2, 0.25) is 0 Å². The molecule has 0 saturated carbocycles. The zero-order valence-electron chi connectivity index (χ0n) is 11.4. The molecule has 3 rings (SSSR count). The fraction of sp³-hybridized carbons (Fsp3) is 0.294. The van der Waals surface area contributed by atoms with Crippen molar-refractivity contribution in [3.63, 3.8) is 0 Å². The second-order valence-corrected chi connectivity index (χ2v) is 5.20. The smallest absolute Gasteiger partial charge is 0.251 e. The van der Waals surface area contributed by atoms with Crippen LogP contribution in [0.4, 0.5) is 0 Å². The van der Waals surface area contributed by atoms with Crippen LogP contribution in [0.3, 0.4) is 0 Å². The molecule has 0 spiro atoms. The molecule has 3 heteroatoms. The van der Waals surface area contributed by atoms with Crippen molar-refractivity contribution in [1.29, 1.82) is 0 Å². The Morgan fingerprint density at radius 1 is 1.10 bits per heavy atom. The molecule has 0 bridgehead atoms. The topological polar surface area (TPSA) is 42.0 Å². The summed E-state index contributed by atoms with van der Waals surface area (Å²) < 4.78 is 0. The number of hydrogen-bond donors (Lipinski definition) is 1. The van der Waals surface area contributed by atoms with Gasteiger partial charge < -0.3 is 5.32 Å². The van der Waals surface area contributed by atoms with Gasteiger partial charge in [0, 0.05) is 24.5 Å². The number of aryl methyl sites for hydroxylation is 2. The molecule has 0 radical (unpaired) electrons. The standard InChI is InChI=1S/C17H18N2O/c20-17(15-7-9-18-10-8-15)19-11-6-13-4-5-14-2-1-3-16(14)12-13/h4-5,7-10,12H,1-3,6,11H2,(H,19,20). The first-order valence-electron chi connectivity index (χ1n) is 7.12. The maximum atomic E-state index is 11.9. The van der Waals surface area contributed by atoms with Crippen molar-refractivity contribution in [2.75, 3.05) is 6.54 Å². The van der Waals surface area contributed by atoms with Gasteiger partial charge in [-0.05, 0) is 54.5 Å².